The summed E-state index contributed by atoms with van der Waals surface area (Å²) in [6.45, 7) is 3.60. The molecule has 1 saturated carbocycles. The van der Waals surface area contributed by atoms with Gasteiger partial charge in [0.05, 0.1) is 6.61 Å². The van der Waals surface area contributed by atoms with E-state index < -0.39 is 0 Å². The van der Waals surface area contributed by atoms with E-state index in [0.717, 1.165) is 56.0 Å². The molecule has 2 bridgehead atoms. The van der Waals surface area contributed by atoms with Gasteiger partial charge in [0.25, 0.3) is 5.91 Å². The van der Waals surface area contributed by atoms with Gasteiger partial charge in [-0.2, -0.15) is 0 Å². The van der Waals surface area contributed by atoms with Crippen LogP contribution >= 0.6 is 0 Å². The molecular formula is C25H32N2O2. The molecule has 0 saturated heterocycles. The fourth-order valence-electron chi connectivity index (χ4n) is 3.95. The number of hydrogen-bond acceptors (Lipinski definition) is 3. The summed E-state index contributed by atoms with van der Waals surface area (Å²) < 4.78 is 6.13. The first-order valence-electron chi connectivity index (χ1n) is 11.0. The number of fused-ring (bicyclic) bond motifs is 3. The summed E-state index contributed by atoms with van der Waals surface area (Å²) in [7, 11) is 2.19. The molecule has 1 aliphatic heterocycles. The standard InChI is InChI=1S/C25H32N2O2/c1-27-12-3-2-4-13-29-24-11-10-22(25(28)26-17-19-8-9-19)16-23(24)15-20-6-5-7-21(14-20)18-27/h5-7,10-11,14,16,19H,2-4,8-9,12-13,15,17-18H2,1H3,(H,26,28). The van der Waals surface area contributed by atoms with Crippen molar-refractivity contribution in [2.24, 2.45) is 5.92 Å². The molecule has 2 aromatic rings. The van der Waals surface area contributed by atoms with Gasteiger partial charge >= 0.3 is 0 Å². The van der Waals surface area contributed by atoms with E-state index in [1.165, 1.54) is 36.8 Å². The quantitative estimate of drug-likeness (QED) is 0.841. The van der Waals surface area contributed by atoms with Gasteiger partial charge in [0.15, 0.2) is 0 Å². The third kappa shape index (κ3) is 5.83. The van der Waals surface area contributed by atoms with Crippen molar-refractivity contribution in [2.75, 3.05) is 26.7 Å². The first kappa shape index (κ1) is 20.0. The van der Waals surface area contributed by atoms with Gasteiger partial charge in [-0.15, -0.1) is 0 Å². The average Bonchev–Trinajstić information content (AvgIpc) is 3.54. The molecule has 1 N–H and O–H groups in total. The lowest BCUT2D eigenvalue weighted by molar-refractivity contribution is 0.0951. The molecule has 1 amide bonds. The molecule has 0 atom stereocenters. The number of nitrogens with one attached hydrogen (secondary N) is 1. The minimum absolute atomic E-state index is 0.0227. The fraction of sp³-hybridized carbons (Fsp3) is 0.480. The SMILES string of the molecule is CN1CCCCCOc2ccc(C(=O)NCC3CC3)cc2Cc2cccc(c2)C1. The van der Waals surface area contributed by atoms with E-state index in [1.54, 1.807) is 0 Å². The monoisotopic (exact) mass is 392 g/mol. The molecule has 1 heterocycles. The van der Waals surface area contributed by atoms with Crippen molar-refractivity contribution in [3.8, 4) is 5.75 Å². The summed E-state index contributed by atoms with van der Waals surface area (Å²) in [6, 6.07) is 14.7. The summed E-state index contributed by atoms with van der Waals surface area (Å²) in [5.41, 5.74) is 4.41. The topological polar surface area (TPSA) is 41.6 Å². The lowest BCUT2D eigenvalue weighted by atomic mass is 9.99. The first-order chi connectivity index (χ1) is 14.2. The fourth-order valence-corrected chi connectivity index (χ4v) is 3.95. The zero-order chi connectivity index (χ0) is 20.1. The Hall–Kier alpha value is -2.33. The number of nitrogens with zero attached hydrogens (tertiary/aromatic N) is 1. The van der Waals surface area contributed by atoms with E-state index in [4.69, 9.17) is 4.74 Å². The van der Waals surface area contributed by atoms with Crippen molar-refractivity contribution >= 4 is 5.91 Å². The number of hydrogen-bond donors (Lipinski definition) is 1. The van der Waals surface area contributed by atoms with Crippen LogP contribution < -0.4 is 10.1 Å². The zero-order valence-electron chi connectivity index (χ0n) is 17.5. The van der Waals surface area contributed by atoms with Crippen LogP contribution in [0.25, 0.3) is 0 Å². The van der Waals surface area contributed by atoms with E-state index in [9.17, 15) is 4.79 Å². The Kier molecular flexibility index (Phi) is 6.50. The molecule has 1 fully saturated rings. The van der Waals surface area contributed by atoms with E-state index in [1.807, 2.05) is 18.2 Å². The molecule has 154 valence electrons. The van der Waals surface area contributed by atoms with Gasteiger partial charge < -0.3 is 15.0 Å². The van der Waals surface area contributed by atoms with Crippen LogP contribution in [-0.2, 0) is 13.0 Å². The lowest BCUT2D eigenvalue weighted by Gasteiger charge is -2.19. The van der Waals surface area contributed by atoms with Gasteiger partial charge in [0, 0.05) is 25.1 Å². The maximum Gasteiger partial charge on any atom is 0.251 e. The Bertz CT molecular complexity index is 844. The molecule has 4 rings (SSSR count). The molecule has 0 unspecified atom stereocenters. The maximum atomic E-state index is 12.6. The van der Waals surface area contributed by atoms with Gasteiger partial charge in [0.1, 0.15) is 5.75 Å². The Morgan fingerprint density at radius 3 is 2.83 bits per heavy atom. The Labute approximate surface area is 174 Å². The van der Waals surface area contributed by atoms with Crippen molar-refractivity contribution < 1.29 is 9.53 Å². The number of amides is 1. The largest absolute Gasteiger partial charge is 0.493 e. The van der Waals surface area contributed by atoms with Crippen LogP contribution in [0.3, 0.4) is 0 Å². The van der Waals surface area contributed by atoms with E-state index in [2.05, 4.69) is 41.5 Å². The highest BCUT2D eigenvalue weighted by molar-refractivity contribution is 5.94. The van der Waals surface area contributed by atoms with Crippen LogP contribution in [0.15, 0.2) is 42.5 Å². The Morgan fingerprint density at radius 1 is 1.10 bits per heavy atom. The van der Waals surface area contributed by atoms with E-state index in [-0.39, 0.29) is 5.91 Å². The maximum absolute atomic E-state index is 12.6. The molecular weight excluding hydrogens is 360 g/mol. The highest BCUT2D eigenvalue weighted by Gasteiger charge is 2.22. The van der Waals surface area contributed by atoms with Crippen molar-refractivity contribution in [3.63, 3.8) is 0 Å². The third-order valence-corrected chi connectivity index (χ3v) is 5.85. The van der Waals surface area contributed by atoms with E-state index in [0.29, 0.717) is 5.92 Å². The summed E-state index contributed by atoms with van der Waals surface area (Å²) in [5, 5.41) is 3.08. The molecule has 1 aliphatic carbocycles. The van der Waals surface area contributed by atoms with Gasteiger partial charge in [-0.1, -0.05) is 24.3 Å². The van der Waals surface area contributed by atoms with Crippen molar-refractivity contribution in [2.45, 2.75) is 45.1 Å². The smallest absolute Gasteiger partial charge is 0.251 e. The van der Waals surface area contributed by atoms with Gasteiger partial charge in [-0.25, -0.2) is 0 Å². The average molecular weight is 393 g/mol. The van der Waals surface area contributed by atoms with E-state index >= 15 is 0 Å². The highest BCUT2D eigenvalue weighted by atomic mass is 16.5. The summed E-state index contributed by atoms with van der Waals surface area (Å²) in [5.74, 6) is 1.61. The van der Waals surface area contributed by atoms with Gasteiger partial charge in [-0.3, -0.25) is 4.79 Å². The second-order valence-corrected chi connectivity index (χ2v) is 8.62. The van der Waals surface area contributed by atoms with Crippen molar-refractivity contribution in [1.82, 2.24) is 10.2 Å². The number of rotatable bonds is 3. The Balaban J connectivity index is 1.57. The van der Waals surface area contributed by atoms with Gasteiger partial charge in [0.2, 0.25) is 0 Å². The van der Waals surface area contributed by atoms with Crippen LogP contribution in [0.4, 0.5) is 0 Å². The number of carbonyl (C=O) groups is 1. The zero-order valence-corrected chi connectivity index (χ0v) is 17.5. The lowest BCUT2D eigenvalue weighted by Crippen LogP contribution is -2.25. The number of carbonyl (C=O) groups excluding carboxylic acids is 1. The molecule has 0 radical (unpaired) electrons. The summed E-state index contributed by atoms with van der Waals surface area (Å²) in [6.07, 6.45) is 6.67. The predicted molar refractivity (Wildman–Crippen MR) is 116 cm³/mol. The highest BCUT2D eigenvalue weighted by Crippen LogP contribution is 2.28. The number of benzene rings is 2. The third-order valence-electron chi connectivity index (χ3n) is 5.85. The van der Waals surface area contributed by atoms with Crippen LogP contribution in [0, 0.1) is 5.92 Å². The normalized spacial score (nSPS) is 18.2. The van der Waals surface area contributed by atoms with Crippen molar-refractivity contribution in [1.29, 1.82) is 0 Å². The Morgan fingerprint density at radius 2 is 1.97 bits per heavy atom. The molecule has 29 heavy (non-hydrogen) atoms. The van der Waals surface area contributed by atoms with Crippen LogP contribution in [0.2, 0.25) is 0 Å². The number of ether oxygens (including phenoxy) is 1. The van der Waals surface area contributed by atoms with Crippen LogP contribution in [0.1, 0.15) is 59.2 Å². The molecule has 0 spiro atoms. The molecule has 2 aromatic carbocycles. The second kappa shape index (κ2) is 9.45. The minimum atomic E-state index is 0.0227. The first-order valence-corrected chi connectivity index (χ1v) is 11.0. The van der Waals surface area contributed by atoms with Crippen LogP contribution in [0.5, 0.6) is 5.75 Å². The molecule has 2 aliphatic rings. The van der Waals surface area contributed by atoms with Crippen molar-refractivity contribution in [3.05, 3.63) is 64.7 Å². The minimum Gasteiger partial charge on any atom is -0.493 e. The molecule has 4 heteroatoms. The summed E-state index contributed by atoms with van der Waals surface area (Å²) in [4.78, 5) is 15.0. The van der Waals surface area contributed by atoms with Crippen LogP contribution in [-0.4, -0.2) is 37.6 Å². The molecule has 0 aromatic heterocycles. The van der Waals surface area contributed by atoms with Gasteiger partial charge in [-0.05, 0) is 86.5 Å². The summed E-state index contributed by atoms with van der Waals surface area (Å²) >= 11 is 0. The predicted octanol–water partition coefficient (Wildman–Crippen LogP) is 4.41. The molecule has 4 nitrogen and oxygen atoms in total. The second-order valence-electron chi connectivity index (χ2n) is 8.62.